The van der Waals surface area contributed by atoms with Crippen LogP contribution in [-0.4, -0.2) is 12.3 Å². The average Bonchev–Trinajstić information content (AvgIpc) is 2.49. The highest BCUT2D eigenvalue weighted by molar-refractivity contribution is 5.90. The molecule has 0 aromatic heterocycles. The fourth-order valence-corrected chi connectivity index (χ4v) is 2.96. The molecule has 88 valence electrons. The van der Waals surface area contributed by atoms with Crippen LogP contribution in [0.25, 0.3) is 0 Å². The van der Waals surface area contributed by atoms with Gasteiger partial charge in [-0.2, -0.15) is 0 Å². The van der Waals surface area contributed by atoms with Crippen LogP contribution in [0.4, 0.5) is 5.69 Å². The Bertz CT molecular complexity index is 507. The van der Waals surface area contributed by atoms with E-state index in [-0.39, 0.29) is 10.7 Å². The van der Waals surface area contributed by atoms with Gasteiger partial charge in [0.1, 0.15) is 17.9 Å². The van der Waals surface area contributed by atoms with Gasteiger partial charge in [-0.05, 0) is 6.07 Å². The van der Waals surface area contributed by atoms with Gasteiger partial charge in [-0.15, -0.1) is 0 Å². The first-order chi connectivity index (χ1) is 8.25. The second-order valence-corrected chi connectivity index (χ2v) is 4.79. The van der Waals surface area contributed by atoms with Gasteiger partial charge in [0.05, 0.1) is 11.8 Å². The average molecular weight is 228 g/mol. The first-order valence-electron chi connectivity index (χ1n) is 6.18. The van der Waals surface area contributed by atoms with Crippen molar-refractivity contribution in [1.29, 1.82) is 0 Å². The Morgan fingerprint density at radius 3 is 3.18 bits per heavy atom. The second kappa shape index (κ2) is 3.79. The zero-order valence-corrected chi connectivity index (χ0v) is 9.97. The van der Waals surface area contributed by atoms with Crippen LogP contribution in [0.15, 0.2) is 35.6 Å². The van der Waals surface area contributed by atoms with E-state index in [2.05, 4.69) is 18.0 Å². The summed E-state index contributed by atoms with van der Waals surface area (Å²) in [6, 6.07) is 6.19. The number of aliphatic imine (C=N–C) groups is 1. The molecular formula is C14H16N2O. The number of para-hydroxylation sites is 1. The second-order valence-electron chi connectivity index (χ2n) is 4.79. The Labute approximate surface area is 101 Å². The van der Waals surface area contributed by atoms with Crippen molar-refractivity contribution in [2.75, 3.05) is 0 Å². The predicted molar refractivity (Wildman–Crippen MR) is 70.7 cm³/mol. The topological polar surface area (TPSA) is 35.4 Å². The molecule has 0 N–H and O–H groups in total. The van der Waals surface area contributed by atoms with Crippen LogP contribution < -0.4 is 4.65 Å². The zero-order valence-electron chi connectivity index (χ0n) is 9.97. The van der Waals surface area contributed by atoms with Crippen molar-refractivity contribution in [2.24, 2.45) is 4.99 Å². The van der Waals surface area contributed by atoms with E-state index in [0.29, 0.717) is 0 Å². The summed E-state index contributed by atoms with van der Waals surface area (Å²) < 4.78 is -0.320. The molecule has 17 heavy (non-hydrogen) atoms. The van der Waals surface area contributed by atoms with Gasteiger partial charge in [-0.25, -0.2) is 0 Å². The molecule has 1 aromatic carbocycles. The molecule has 2 unspecified atom stereocenters. The first-order valence-corrected chi connectivity index (χ1v) is 6.18. The lowest BCUT2D eigenvalue weighted by atomic mass is 10.0. The number of nitrogens with zero attached hydrogens (tertiary/aromatic N) is 2. The van der Waals surface area contributed by atoms with Crippen molar-refractivity contribution in [1.82, 2.24) is 4.65 Å². The van der Waals surface area contributed by atoms with E-state index in [1.807, 2.05) is 12.1 Å². The van der Waals surface area contributed by atoms with Gasteiger partial charge in [-0.3, -0.25) is 9.64 Å². The summed E-state index contributed by atoms with van der Waals surface area (Å²) >= 11 is 0. The lowest BCUT2D eigenvalue weighted by Crippen LogP contribution is -2.44. The summed E-state index contributed by atoms with van der Waals surface area (Å²) in [5, 5.41) is 13.1. The summed E-state index contributed by atoms with van der Waals surface area (Å²) in [5.74, 6) is 0. The van der Waals surface area contributed by atoms with Gasteiger partial charge in [0.2, 0.25) is 0 Å². The van der Waals surface area contributed by atoms with Crippen LogP contribution in [0.5, 0.6) is 0 Å². The standard InChI is InChI=1S/C14H16N2O/c1-2-4-13-9-11-5-3-6-12-10-15-7-8-16(13,17)14(11)12/h3,5-8,10,13H,2,4,9H2,1H3. The van der Waals surface area contributed by atoms with E-state index in [0.717, 1.165) is 30.5 Å². The highest BCUT2D eigenvalue weighted by atomic mass is 16.5. The molecule has 3 nitrogen and oxygen atoms in total. The smallest absolute Gasteiger partial charge is 0.150 e. The van der Waals surface area contributed by atoms with E-state index in [4.69, 9.17) is 0 Å². The molecule has 0 amide bonds. The molecule has 0 spiro atoms. The molecule has 0 saturated heterocycles. The van der Waals surface area contributed by atoms with E-state index in [9.17, 15) is 5.21 Å². The monoisotopic (exact) mass is 228 g/mol. The SMILES string of the molecule is CCCC1Cc2cccc3c2[N+]1([O-])C=CN=C3. The van der Waals surface area contributed by atoms with Crippen LogP contribution in [-0.2, 0) is 6.42 Å². The third-order valence-electron chi connectivity index (χ3n) is 3.71. The summed E-state index contributed by atoms with van der Waals surface area (Å²) in [7, 11) is 0. The maximum Gasteiger partial charge on any atom is 0.150 e. The van der Waals surface area contributed by atoms with E-state index < -0.39 is 0 Å². The van der Waals surface area contributed by atoms with Crippen molar-refractivity contribution in [3.05, 3.63) is 46.9 Å². The number of benzene rings is 1. The Morgan fingerprint density at radius 2 is 2.35 bits per heavy atom. The van der Waals surface area contributed by atoms with E-state index >= 15 is 0 Å². The van der Waals surface area contributed by atoms with Crippen LogP contribution in [0.1, 0.15) is 30.9 Å². The van der Waals surface area contributed by atoms with Crippen LogP contribution in [0, 0.1) is 5.21 Å². The molecule has 2 aliphatic rings. The van der Waals surface area contributed by atoms with Gasteiger partial charge in [0.25, 0.3) is 0 Å². The molecule has 1 aromatic rings. The molecule has 0 aliphatic carbocycles. The molecule has 0 fully saturated rings. The Balaban J connectivity index is 2.18. The molecule has 2 atom stereocenters. The van der Waals surface area contributed by atoms with E-state index in [1.165, 1.54) is 5.56 Å². The maximum absolute atomic E-state index is 13.1. The van der Waals surface area contributed by atoms with Crippen molar-refractivity contribution in [3.8, 4) is 0 Å². The zero-order chi connectivity index (χ0) is 11.9. The van der Waals surface area contributed by atoms with Gasteiger partial charge < -0.3 is 5.21 Å². The number of hydrogen-bond acceptors (Lipinski definition) is 2. The van der Waals surface area contributed by atoms with Crippen molar-refractivity contribution >= 4 is 11.9 Å². The lowest BCUT2D eigenvalue weighted by Gasteiger charge is -2.40. The highest BCUT2D eigenvalue weighted by Crippen LogP contribution is 2.43. The quantitative estimate of drug-likeness (QED) is 0.566. The fraction of sp³-hybridized carbons (Fsp3) is 0.357. The third kappa shape index (κ3) is 1.47. The number of rotatable bonds is 2. The summed E-state index contributed by atoms with van der Waals surface area (Å²) in [6.07, 6.45) is 8.02. The van der Waals surface area contributed by atoms with Gasteiger partial charge in [-0.1, -0.05) is 25.5 Å². The van der Waals surface area contributed by atoms with Gasteiger partial charge >= 0.3 is 0 Å². The first kappa shape index (κ1) is 10.7. The molecule has 0 radical (unpaired) electrons. The molecule has 3 heteroatoms. The molecule has 0 saturated carbocycles. The van der Waals surface area contributed by atoms with Crippen LogP contribution in [0.2, 0.25) is 0 Å². The van der Waals surface area contributed by atoms with Crippen LogP contribution >= 0.6 is 0 Å². The Morgan fingerprint density at radius 1 is 1.47 bits per heavy atom. The minimum atomic E-state index is -0.320. The van der Waals surface area contributed by atoms with E-state index in [1.54, 1.807) is 18.6 Å². The van der Waals surface area contributed by atoms with Gasteiger partial charge in [0.15, 0.2) is 0 Å². The summed E-state index contributed by atoms with van der Waals surface area (Å²) in [5.41, 5.74) is 3.07. The van der Waals surface area contributed by atoms with Crippen molar-refractivity contribution < 1.29 is 0 Å². The molecular weight excluding hydrogens is 212 g/mol. The molecule has 2 aliphatic heterocycles. The van der Waals surface area contributed by atoms with Crippen molar-refractivity contribution in [3.63, 3.8) is 0 Å². The highest BCUT2D eigenvalue weighted by Gasteiger charge is 2.40. The normalized spacial score (nSPS) is 29.2. The molecule has 3 rings (SSSR count). The Kier molecular flexibility index (Phi) is 2.38. The largest absolute Gasteiger partial charge is 0.622 e. The number of hydroxylamine groups is 2. The maximum atomic E-state index is 13.1. The fourth-order valence-electron chi connectivity index (χ4n) is 2.96. The number of hydrogen-bond donors (Lipinski definition) is 0. The Hall–Kier alpha value is -1.45. The van der Waals surface area contributed by atoms with Gasteiger partial charge in [0, 0.05) is 24.6 Å². The minimum absolute atomic E-state index is 0.120. The minimum Gasteiger partial charge on any atom is -0.622 e. The van der Waals surface area contributed by atoms with Crippen LogP contribution in [0.3, 0.4) is 0 Å². The summed E-state index contributed by atoms with van der Waals surface area (Å²) in [4.78, 5) is 4.16. The predicted octanol–water partition coefficient (Wildman–Crippen LogP) is 3.12. The molecule has 0 bridgehead atoms. The number of quaternary nitrogens is 1. The van der Waals surface area contributed by atoms with Crippen molar-refractivity contribution in [2.45, 2.75) is 32.2 Å². The summed E-state index contributed by atoms with van der Waals surface area (Å²) in [6.45, 7) is 2.13. The lowest BCUT2D eigenvalue weighted by molar-refractivity contribution is 0.365. The molecule has 2 heterocycles. The third-order valence-corrected chi connectivity index (χ3v) is 3.71.